The molecule has 3 aromatic carbocycles. The molecule has 2 amide bonds. The number of carbonyl (C=O) groups excluding carboxylic acids is 2. The number of carbonyl (C=O) groups is 2. The third kappa shape index (κ3) is 5.83. The minimum Gasteiger partial charge on any atom is -0.496 e. The largest absolute Gasteiger partial charge is 0.496 e. The third-order valence-electron chi connectivity index (χ3n) is 7.69. The van der Waals surface area contributed by atoms with E-state index < -0.39 is 5.60 Å². The van der Waals surface area contributed by atoms with E-state index in [-0.39, 0.29) is 17.9 Å². The van der Waals surface area contributed by atoms with Crippen LogP contribution in [0.25, 0.3) is 0 Å². The highest BCUT2D eigenvalue weighted by Gasteiger charge is 2.47. The lowest BCUT2D eigenvalue weighted by molar-refractivity contribution is -0.132. The second-order valence-electron chi connectivity index (χ2n) is 10.1. The Labute approximate surface area is 235 Å². The Bertz CT molecular complexity index is 1380. The second kappa shape index (κ2) is 12.3. The van der Waals surface area contributed by atoms with E-state index in [4.69, 9.17) is 14.2 Å². The smallest absolute Gasteiger partial charge is 0.259 e. The van der Waals surface area contributed by atoms with E-state index >= 15 is 0 Å². The van der Waals surface area contributed by atoms with Gasteiger partial charge < -0.3 is 24.4 Å². The van der Waals surface area contributed by atoms with Gasteiger partial charge in [0.25, 0.3) is 11.8 Å². The maximum atomic E-state index is 13.5. The molecule has 0 radical (unpaired) electrons. The first kappa shape index (κ1) is 27.3. The van der Waals surface area contributed by atoms with E-state index in [2.05, 4.69) is 17.2 Å². The van der Waals surface area contributed by atoms with Gasteiger partial charge in [0.1, 0.15) is 22.7 Å². The van der Waals surface area contributed by atoms with Gasteiger partial charge in [-0.15, -0.1) is 0 Å². The molecule has 1 aliphatic carbocycles. The van der Waals surface area contributed by atoms with Gasteiger partial charge in [0.05, 0.1) is 33.4 Å². The van der Waals surface area contributed by atoms with Gasteiger partial charge in [-0.25, -0.2) is 0 Å². The second-order valence-corrected chi connectivity index (χ2v) is 10.1. The minimum atomic E-state index is -0.655. The van der Waals surface area contributed by atoms with Crippen LogP contribution in [-0.2, 0) is 4.74 Å². The molecule has 1 spiro atoms. The Balaban J connectivity index is 1.31. The highest BCUT2D eigenvalue weighted by atomic mass is 16.5. The summed E-state index contributed by atoms with van der Waals surface area (Å²) < 4.78 is 17.3. The van der Waals surface area contributed by atoms with Crippen LogP contribution in [0.5, 0.6) is 11.5 Å². The molecular weight excluding hydrogens is 504 g/mol. The maximum absolute atomic E-state index is 13.5. The predicted molar refractivity (Wildman–Crippen MR) is 153 cm³/mol. The van der Waals surface area contributed by atoms with E-state index in [1.807, 2.05) is 59.5 Å². The molecule has 1 heterocycles. The summed E-state index contributed by atoms with van der Waals surface area (Å²) in [5.74, 6) is 6.86. The SMILES string of the molecule is COc1cccc(OC)c1C(=O)N[C@H]1CCCC[C@@]12CN(C(=O)c1ccc(C#Cc3ccccc3)cc1)CCO2. The van der Waals surface area contributed by atoms with Crippen molar-refractivity contribution in [2.75, 3.05) is 33.9 Å². The molecule has 7 nitrogen and oxygen atoms in total. The summed E-state index contributed by atoms with van der Waals surface area (Å²) >= 11 is 0. The Kier molecular flexibility index (Phi) is 8.37. The number of benzene rings is 3. The standard InChI is InChI=1S/C33H34N2O5/c1-38-27-11-8-12-28(39-2)30(27)31(36)34-29-13-6-7-20-33(29)23-35(21-22-40-33)32(37)26-18-16-25(17-19-26)15-14-24-9-4-3-5-10-24/h3-5,8-12,16-19,29H,6-7,13,20-23H2,1-2H3,(H,34,36)/t29-,33+/m0/s1. The first-order chi connectivity index (χ1) is 19.5. The Hall–Kier alpha value is -4.28. The fourth-order valence-corrected chi connectivity index (χ4v) is 5.61. The quantitative estimate of drug-likeness (QED) is 0.477. The fourth-order valence-electron chi connectivity index (χ4n) is 5.61. The zero-order valence-corrected chi connectivity index (χ0v) is 22.9. The van der Waals surface area contributed by atoms with Crippen molar-refractivity contribution in [2.24, 2.45) is 0 Å². The highest BCUT2D eigenvalue weighted by Crippen LogP contribution is 2.36. The minimum absolute atomic E-state index is 0.0488. The van der Waals surface area contributed by atoms with Crippen LogP contribution < -0.4 is 14.8 Å². The van der Waals surface area contributed by atoms with Gasteiger partial charge in [0, 0.05) is 23.2 Å². The van der Waals surface area contributed by atoms with Gasteiger partial charge in [-0.3, -0.25) is 9.59 Å². The van der Waals surface area contributed by atoms with Crippen LogP contribution >= 0.6 is 0 Å². The predicted octanol–water partition coefficient (Wildman–Crippen LogP) is 4.69. The zero-order valence-electron chi connectivity index (χ0n) is 22.9. The van der Waals surface area contributed by atoms with E-state index in [1.165, 1.54) is 14.2 Å². The van der Waals surface area contributed by atoms with Crippen LogP contribution in [0.15, 0.2) is 72.8 Å². The molecule has 40 heavy (non-hydrogen) atoms. The van der Waals surface area contributed by atoms with Crippen LogP contribution in [0.1, 0.15) is 57.5 Å². The summed E-state index contributed by atoms with van der Waals surface area (Å²) in [5, 5.41) is 3.20. The summed E-state index contributed by atoms with van der Waals surface area (Å²) in [5.41, 5.74) is 2.10. The Morgan fingerprint density at radius 2 is 1.57 bits per heavy atom. The Morgan fingerprint density at radius 1 is 0.900 bits per heavy atom. The normalized spacial score (nSPS) is 20.2. The summed E-state index contributed by atoms with van der Waals surface area (Å²) in [6, 6.07) is 22.2. The van der Waals surface area contributed by atoms with Crippen LogP contribution in [-0.4, -0.2) is 62.3 Å². The molecule has 1 aliphatic heterocycles. The van der Waals surface area contributed by atoms with Crippen LogP contribution in [0.2, 0.25) is 0 Å². The number of morpholine rings is 1. The van der Waals surface area contributed by atoms with Crippen LogP contribution in [0, 0.1) is 11.8 Å². The van der Waals surface area contributed by atoms with Crippen molar-refractivity contribution in [1.29, 1.82) is 0 Å². The molecule has 7 heteroatoms. The number of nitrogens with zero attached hydrogens (tertiary/aromatic N) is 1. The molecule has 1 N–H and O–H groups in total. The van der Waals surface area contributed by atoms with Crippen molar-refractivity contribution < 1.29 is 23.8 Å². The average molecular weight is 539 g/mol. The molecule has 0 bridgehead atoms. The summed E-state index contributed by atoms with van der Waals surface area (Å²) in [6.45, 7) is 1.32. The molecule has 2 fully saturated rings. The molecular formula is C33H34N2O5. The molecule has 1 saturated carbocycles. The van der Waals surface area contributed by atoms with Gasteiger partial charge in [0.15, 0.2) is 0 Å². The molecule has 0 unspecified atom stereocenters. The van der Waals surface area contributed by atoms with Gasteiger partial charge in [-0.1, -0.05) is 48.9 Å². The zero-order chi connectivity index (χ0) is 28.0. The summed E-state index contributed by atoms with van der Waals surface area (Å²) in [6.07, 6.45) is 3.47. The monoisotopic (exact) mass is 538 g/mol. The first-order valence-electron chi connectivity index (χ1n) is 13.7. The number of rotatable bonds is 5. The van der Waals surface area contributed by atoms with Gasteiger partial charge in [-0.2, -0.15) is 0 Å². The number of ether oxygens (including phenoxy) is 3. The molecule has 2 atom stereocenters. The molecule has 3 aromatic rings. The topological polar surface area (TPSA) is 77.1 Å². The molecule has 0 aromatic heterocycles. The number of nitrogens with one attached hydrogen (secondary N) is 1. The third-order valence-corrected chi connectivity index (χ3v) is 7.69. The van der Waals surface area contributed by atoms with Crippen molar-refractivity contribution in [3.8, 4) is 23.3 Å². The van der Waals surface area contributed by atoms with Crippen LogP contribution in [0.4, 0.5) is 0 Å². The van der Waals surface area contributed by atoms with E-state index in [0.717, 1.165) is 36.8 Å². The van der Waals surface area contributed by atoms with Crippen molar-refractivity contribution >= 4 is 11.8 Å². The molecule has 2 aliphatic rings. The van der Waals surface area contributed by atoms with Crippen molar-refractivity contribution in [3.63, 3.8) is 0 Å². The van der Waals surface area contributed by atoms with Gasteiger partial charge >= 0.3 is 0 Å². The number of hydrogen-bond donors (Lipinski definition) is 1. The summed E-state index contributed by atoms with van der Waals surface area (Å²) in [4.78, 5) is 28.9. The number of methoxy groups -OCH3 is 2. The van der Waals surface area contributed by atoms with Crippen molar-refractivity contribution in [1.82, 2.24) is 10.2 Å². The lowest BCUT2D eigenvalue weighted by Gasteiger charge is -2.49. The first-order valence-corrected chi connectivity index (χ1v) is 13.7. The molecule has 5 rings (SSSR count). The van der Waals surface area contributed by atoms with Gasteiger partial charge in [-0.05, 0) is 61.4 Å². The lowest BCUT2D eigenvalue weighted by atomic mass is 9.78. The van der Waals surface area contributed by atoms with Gasteiger partial charge in [0.2, 0.25) is 0 Å². The van der Waals surface area contributed by atoms with E-state index in [0.29, 0.717) is 42.3 Å². The average Bonchev–Trinajstić information content (AvgIpc) is 3.01. The van der Waals surface area contributed by atoms with Crippen molar-refractivity contribution in [2.45, 2.75) is 37.3 Å². The lowest BCUT2D eigenvalue weighted by Crippen LogP contribution is -2.64. The van der Waals surface area contributed by atoms with E-state index in [1.54, 1.807) is 18.2 Å². The Morgan fingerprint density at radius 3 is 2.25 bits per heavy atom. The molecule has 1 saturated heterocycles. The number of amides is 2. The van der Waals surface area contributed by atoms with E-state index in [9.17, 15) is 9.59 Å². The maximum Gasteiger partial charge on any atom is 0.259 e. The summed E-state index contributed by atoms with van der Waals surface area (Å²) in [7, 11) is 3.06. The number of hydrogen-bond acceptors (Lipinski definition) is 5. The highest BCUT2D eigenvalue weighted by molar-refractivity contribution is 6.00. The fraction of sp³-hybridized carbons (Fsp3) is 0.333. The molecule has 206 valence electrons. The van der Waals surface area contributed by atoms with Crippen LogP contribution in [0.3, 0.4) is 0 Å². The van der Waals surface area contributed by atoms with Crippen molar-refractivity contribution in [3.05, 3.63) is 95.1 Å².